The largest absolute Gasteiger partial charge is 0.339 e. The summed E-state index contributed by atoms with van der Waals surface area (Å²) >= 11 is 0. The van der Waals surface area contributed by atoms with Gasteiger partial charge in [-0.2, -0.15) is 4.98 Å². The summed E-state index contributed by atoms with van der Waals surface area (Å²) in [5.74, 6) is 2.50. The van der Waals surface area contributed by atoms with Gasteiger partial charge in [-0.05, 0) is 24.3 Å². The Morgan fingerprint density at radius 3 is 2.80 bits per heavy atom. The van der Waals surface area contributed by atoms with Gasteiger partial charge in [0.25, 0.3) is 0 Å². The molecule has 1 aromatic rings. The molecule has 1 aliphatic rings. The highest BCUT2D eigenvalue weighted by Crippen LogP contribution is 2.57. The van der Waals surface area contributed by atoms with Crippen molar-refractivity contribution >= 4 is 0 Å². The Hall–Kier alpha value is -0.900. The fraction of sp³-hybridized carbons (Fsp3) is 0.818. The van der Waals surface area contributed by atoms with Gasteiger partial charge in [-0.1, -0.05) is 25.9 Å². The maximum Gasteiger partial charge on any atom is 0.226 e. The number of aromatic nitrogens is 2. The second-order valence-corrected chi connectivity index (χ2v) is 5.34. The summed E-state index contributed by atoms with van der Waals surface area (Å²) in [5.41, 5.74) is 5.91. The standard InChI is InChI=1S/C11H19N3O/c1-7(6-12)4-9-13-10(14-15-9)8-5-11(8,2)3/h7-8H,4-6,12H2,1-3H3. The van der Waals surface area contributed by atoms with Crippen LogP contribution in [-0.4, -0.2) is 16.7 Å². The third-order valence-electron chi connectivity index (χ3n) is 3.23. The van der Waals surface area contributed by atoms with Gasteiger partial charge in [0.1, 0.15) is 0 Å². The van der Waals surface area contributed by atoms with Crippen LogP contribution < -0.4 is 5.73 Å². The number of nitrogens with zero attached hydrogens (tertiary/aromatic N) is 2. The van der Waals surface area contributed by atoms with Gasteiger partial charge in [0.05, 0.1) is 0 Å². The van der Waals surface area contributed by atoms with Gasteiger partial charge in [-0.25, -0.2) is 0 Å². The minimum atomic E-state index is 0.362. The van der Waals surface area contributed by atoms with E-state index in [-0.39, 0.29) is 0 Å². The van der Waals surface area contributed by atoms with Crippen LogP contribution in [0.3, 0.4) is 0 Å². The van der Waals surface area contributed by atoms with E-state index in [0.717, 1.165) is 18.1 Å². The van der Waals surface area contributed by atoms with Crippen LogP contribution in [0.5, 0.6) is 0 Å². The van der Waals surface area contributed by atoms with Crippen molar-refractivity contribution in [2.75, 3.05) is 6.54 Å². The number of nitrogens with two attached hydrogens (primary N) is 1. The van der Waals surface area contributed by atoms with Crippen LogP contribution in [0, 0.1) is 11.3 Å². The Morgan fingerprint density at radius 1 is 1.60 bits per heavy atom. The van der Waals surface area contributed by atoms with Crippen molar-refractivity contribution in [2.45, 2.75) is 39.5 Å². The van der Waals surface area contributed by atoms with Crippen molar-refractivity contribution in [2.24, 2.45) is 17.1 Å². The van der Waals surface area contributed by atoms with Gasteiger partial charge in [-0.15, -0.1) is 0 Å². The van der Waals surface area contributed by atoms with Gasteiger partial charge in [0, 0.05) is 12.3 Å². The van der Waals surface area contributed by atoms with E-state index in [0.29, 0.717) is 23.8 Å². The zero-order valence-electron chi connectivity index (χ0n) is 9.66. The molecule has 4 nitrogen and oxygen atoms in total. The molecule has 1 fully saturated rings. The maximum atomic E-state index is 5.55. The first-order valence-corrected chi connectivity index (χ1v) is 5.55. The molecule has 1 aliphatic carbocycles. The molecule has 2 atom stereocenters. The average molecular weight is 209 g/mol. The summed E-state index contributed by atoms with van der Waals surface area (Å²) in [6, 6.07) is 0. The van der Waals surface area contributed by atoms with E-state index >= 15 is 0 Å². The maximum absolute atomic E-state index is 5.55. The third-order valence-corrected chi connectivity index (χ3v) is 3.23. The van der Waals surface area contributed by atoms with Crippen LogP contribution in [0.1, 0.15) is 44.8 Å². The van der Waals surface area contributed by atoms with Crippen molar-refractivity contribution in [1.29, 1.82) is 0 Å². The van der Waals surface area contributed by atoms with E-state index < -0.39 is 0 Å². The first-order chi connectivity index (χ1) is 7.03. The Kier molecular flexibility index (Phi) is 2.54. The Morgan fingerprint density at radius 2 is 2.27 bits per heavy atom. The summed E-state index contributed by atoms with van der Waals surface area (Å²) in [4.78, 5) is 4.42. The quantitative estimate of drug-likeness (QED) is 0.820. The molecule has 4 heteroatoms. The van der Waals surface area contributed by atoms with Crippen molar-refractivity contribution in [1.82, 2.24) is 10.1 Å². The van der Waals surface area contributed by atoms with Crippen molar-refractivity contribution in [3.8, 4) is 0 Å². The highest BCUT2D eigenvalue weighted by molar-refractivity contribution is 5.14. The van der Waals surface area contributed by atoms with Gasteiger partial charge in [-0.3, -0.25) is 0 Å². The Labute approximate surface area is 90.2 Å². The molecule has 1 heterocycles. The minimum Gasteiger partial charge on any atom is -0.339 e. The zero-order valence-corrected chi connectivity index (χ0v) is 9.66. The summed E-state index contributed by atoms with van der Waals surface area (Å²) in [5, 5.41) is 4.03. The molecule has 2 rings (SSSR count). The predicted molar refractivity (Wildman–Crippen MR) is 57.4 cm³/mol. The molecule has 1 aromatic heterocycles. The highest BCUT2D eigenvalue weighted by Gasteiger charge is 2.49. The van der Waals surface area contributed by atoms with Crippen LogP contribution in [0.25, 0.3) is 0 Å². The van der Waals surface area contributed by atoms with E-state index in [9.17, 15) is 0 Å². The van der Waals surface area contributed by atoms with Gasteiger partial charge in [0.2, 0.25) is 5.89 Å². The first-order valence-electron chi connectivity index (χ1n) is 5.55. The van der Waals surface area contributed by atoms with Crippen molar-refractivity contribution in [3.63, 3.8) is 0 Å². The molecule has 0 amide bonds. The normalized spacial score (nSPS) is 25.2. The molecule has 0 saturated heterocycles. The van der Waals surface area contributed by atoms with Gasteiger partial charge < -0.3 is 10.3 Å². The Bertz CT molecular complexity index is 345. The van der Waals surface area contributed by atoms with Crippen LogP contribution in [0.2, 0.25) is 0 Å². The van der Waals surface area contributed by atoms with E-state index in [1.54, 1.807) is 0 Å². The van der Waals surface area contributed by atoms with Crippen molar-refractivity contribution < 1.29 is 4.52 Å². The van der Waals surface area contributed by atoms with Crippen LogP contribution in [-0.2, 0) is 6.42 Å². The zero-order chi connectivity index (χ0) is 11.1. The molecule has 2 unspecified atom stereocenters. The molecule has 0 radical (unpaired) electrons. The van der Waals surface area contributed by atoms with E-state index in [1.165, 1.54) is 6.42 Å². The molecule has 0 aliphatic heterocycles. The van der Waals surface area contributed by atoms with Gasteiger partial charge >= 0.3 is 0 Å². The number of hydrogen-bond acceptors (Lipinski definition) is 4. The Balaban J connectivity index is 1.99. The van der Waals surface area contributed by atoms with Crippen LogP contribution >= 0.6 is 0 Å². The predicted octanol–water partition coefficient (Wildman–Crippen LogP) is 1.72. The lowest BCUT2D eigenvalue weighted by molar-refractivity contribution is 0.354. The van der Waals surface area contributed by atoms with E-state index in [4.69, 9.17) is 10.3 Å². The molecular formula is C11H19N3O. The topological polar surface area (TPSA) is 64.9 Å². The highest BCUT2D eigenvalue weighted by atomic mass is 16.5. The fourth-order valence-electron chi connectivity index (χ4n) is 1.78. The van der Waals surface area contributed by atoms with Crippen LogP contribution in [0.15, 0.2) is 4.52 Å². The minimum absolute atomic E-state index is 0.362. The van der Waals surface area contributed by atoms with E-state index in [2.05, 4.69) is 30.9 Å². The molecule has 0 aromatic carbocycles. The fourth-order valence-corrected chi connectivity index (χ4v) is 1.78. The lowest BCUT2D eigenvalue weighted by Crippen LogP contribution is -2.13. The van der Waals surface area contributed by atoms with Gasteiger partial charge in [0.15, 0.2) is 5.82 Å². The van der Waals surface area contributed by atoms with Crippen molar-refractivity contribution in [3.05, 3.63) is 11.7 Å². The lowest BCUT2D eigenvalue weighted by Gasteiger charge is -2.02. The summed E-state index contributed by atoms with van der Waals surface area (Å²) in [6.07, 6.45) is 1.95. The first kappa shape index (κ1) is 10.6. The average Bonchev–Trinajstić information content (AvgIpc) is 2.63. The number of rotatable bonds is 4. The second kappa shape index (κ2) is 3.59. The smallest absolute Gasteiger partial charge is 0.226 e. The molecular weight excluding hydrogens is 190 g/mol. The summed E-state index contributed by atoms with van der Waals surface area (Å²) < 4.78 is 5.22. The SMILES string of the molecule is CC(CN)Cc1nc(C2CC2(C)C)no1. The molecule has 0 spiro atoms. The lowest BCUT2D eigenvalue weighted by atomic mass is 10.1. The molecule has 2 N–H and O–H groups in total. The molecule has 15 heavy (non-hydrogen) atoms. The molecule has 0 bridgehead atoms. The van der Waals surface area contributed by atoms with Crippen LogP contribution in [0.4, 0.5) is 0 Å². The van der Waals surface area contributed by atoms with E-state index in [1.807, 2.05) is 0 Å². The third kappa shape index (κ3) is 2.20. The monoisotopic (exact) mass is 209 g/mol. The summed E-state index contributed by atoms with van der Waals surface area (Å²) in [6.45, 7) is 7.21. The summed E-state index contributed by atoms with van der Waals surface area (Å²) in [7, 11) is 0. The molecule has 84 valence electrons. The second-order valence-electron chi connectivity index (χ2n) is 5.34. The number of hydrogen-bond donors (Lipinski definition) is 1. The molecule has 1 saturated carbocycles.